The maximum absolute atomic E-state index is 13.3. The average molecular weight is 399 g/mol. The van der Waals surface area contributed by atoms with Crippen LogP contribution in [0.3, 0.4) is 0 Å². The van der Waals surface area contributed by atoms with Gasteiger partial charge in [-0.05, 0) is 51.1 Å². The molecule has 0 saturated carbocycles. The Labute approximate surface area is 172 Å². The summed E-state index contributed by atoms with van der Waals surface area (Å²) in [6, 6.07) is 11.4. The first-order valence-electron chi connectivity index (χ1n) is 10.3. The highest BCUT2D eigenvalue weighted by molar-refractivity contribution is 6.02. The predicted octanol–water partition coefficient (Wildman–Crippen LogP) is 2.69. The SMILES string of the molecule is CCC(=O)N(c1ccccc1)C1(C(=O)OCCCn2ccc(C)n2)CCNCC1. The Hall–Kier alpha value is -2.67. The van der Waals surface area contributed by atoms with Gasteiger partial charge in [0.2, 0.25) is 5.91 Å². The van der Waals surface area contributed by atoms with E-state index in [2.05, 4.69) is 10.4 Å². The molecule has 7 heteroatoms. The monoisotopic (exact) mass is 398 g/mol. The van der Waals surface area contributed by atoms with E-state index in [9.17, 15) is 9.59 Å². The first-order valence-corrected chi connectivity index (χ1v) is 10.3. The lowest BCUT2D eigenvalue weighted by Crippen LogP contribution is -2.62. The van der Waals surface area contributed by atoms with Crippen molar-refractivity contribution in [3.63, 3.8) is 0 Å². The van der Waals surface area contributed by atoms with E-state index in [1.54, 1.807) is 4.90 Å². The van der Waals surface area contributed by atoms with Crippen LogP contribution < -0.4 is 10.2 Å². The van der Waals surface area contributed by atoms with Gasteiger partial charge >= 0.3 is 5.97 Å². The third-order valence-electron chi connectivity index (χ3n) is 5.34. The number of carbonyl (C=O) groups is 2. The molecule has 1 amide bonds. The molecule has 0 bridgehead atoms. The van der Waals surface area contributed by atoms with Crippen LogP contribution in [0.2, 0.25) is 0 Å². The number of piperidine rings is 1. The van der Waals surface area contributed by atoms with Crippen molar-refractivity contribution < 1.29 is 14.3 Å². The highest BCUT2D eigenvalue weighted by Crippen LogP contribution is 2.33. The van der Waals surface area contributed by atoms with Crippen molar-refractivity contribution in [3.8, 4) is 0 Å². The second-order valence-corrected chi connectivity index (χ2v) is 7.41. The molecule has 1 aliphatic heterocycles. The first kappa shape index (κ1) is 21.0. The van der Waals surface area contributed by atoms with Gasteiger partial charge in [-0.3, -0.25) is 14.4 Å². The lowest BCUT2D eigenvalue weighted by molar-refractivity contribution is -0.153. The van der Waals surface area contributed by atoms with Gasteiger partial charge in [0.25, 0.3) is 0 Å². The number of aromatic nitrogens is 2. The van der Waals surface area contributed by atoms with Crippen molar-refractivity contribution >= 4 is 17.6 Å². The zero-order chi connectivity index (χ0) is 20.7. The van der Waals surface area contributed by atoms with E-state index in [4.69, 9.17) is 4.74 Å². The van der Waals surface area contributed by atoms with Crippen LogP contribution in [0.5, 0.6) is 0 Å². The number of esters is 1. The molecule has 0 unspecified atom stereocenters. The van der Waals surface area contributed by atoms with Crippen LogP contribution in [0.15, 0.2) is 42.6 Å². The van der Waals surface area contributed by atoms with Gasteiger partial charge in [0.05, 0.1) is 12.3 Å². The number of ether oxygens (including phenoxy) is 1. The molecular formula is C22H30N4O3. The smallest absolute Gasteiger partial charge is 0.332 e. The molecule has 29 heavy (non-hydrogen) atoms. The Morgan fingerprint density at radius 2 is 1.93 bits per heavy atom. The molecule has 2 heterocycles. The van der Waals surface area contributed by atoms with E-state index < -0.39 is 5.54 Å². The maximum atomic E-state index is 13.3. The summed E-state index contributed by atoms with van der Waals surface area (Å²) in [5.41, 5.74) is 0.736. The fourth-order valence-corrected chi connectivity index (χ4v) is 3.84. The van der Waals surface area contributed by atoms with Crippen LogP contribution in [-0.4, -0.2) is 46.9 Å². The highest BCUT2D eigenvalue weighted by Gasteiger charge is 2.48. The number of hydrogen-bond acceptors (Lipinski definition) is 5. The van der Waals surface area contributed by atoms with Gasteiger partial charge in [0.1, 0.15) is 5.54 Å². The standard InChI is InChI=1S/C22H30N4O3/c1-3-20(27)26(19-8-5-4-6-9-19)22(11-13-23-14-12-22)21(28)29-17-7-15-25-16-10-18(2)24-25/h4-6,8-10,16,23H,3,7,11-15,17H2,1-2H3. The number of nitrogens with zero attached hydrogens (tertiary/aromatic N) is 3. The van der Waals surface area contributed by atoms with E-state index in [-0.39, 0.29) is 11.9 Å². The van der Waals surface area contributed by atoms with Crippen molar-refractivity contribution in [3.05, 3.63) is 48.3 Å². The topological polar surface area (TPSA) is 76.5 Å². The van der Waals surface area contributed by atoms with E-state index in [1.165, 1.54) is 0 Å². The molecule has 1 fully saturated rings. The summed E-state index contributed by atoms with van der Waals surface area (Å²) < 4.78 is 7.56. The normalized spacial score (nSPS) is 15.7. The van der Waals surface area contributed by atoms with Crippen LogP contribution in [-0.2, 0) is 20.9 Å². The van der Waals surface area contributed by atoms with Crippen LogP contribution in [0.25, 0.3) is 0 Å². The van der Waals surface area contributed by atoms with E-state index in [1.807, 2.05) is 61.1 Å². The lowest BCUT2D eigenvalue weighted by Gasteiger charge is -2.44. The molecule has 1 saturated heterocycles. The minimum absolute atomic E-state index is 0.0675. The summed E-state index contributed by atoms with van der Waals surface area (Å²) in [5, 5.41) is 7.64. The molecule has 1 aliphatic rings. The molecule has 0 spiro atoms. The Balaban J connectivity index is 1.75. The Bertz CT molecular complexity index is 812. The van der Waals surface area contributed by atoms with Gasteiger partial charge in [-0.2, -0.15) is 5.10 Å². The summed E-state index contributed by atoms with van der Waals surface area (Å²) in [5.74, 6) is -0.386. The molecule has 3 rings (SSSR count). The number of hydrogen-bond donors (Lipinski definition) is 1. The third kappa shape index (κ3) is 4.85. The van der Waals surface area contributed by atoms with Crippen molar-refractivity contribution in [1.82, 2.24) is 15.1 Å². The molecule has 0 radical (unpaired) electrons. The first-order chi connectivity index (χ1) is 14.1. The van der Waals surface area contributed by atoms with Crippen molar-refractivity contribution in [1.29, 1.82) is 0 Å². The summed E-state index contributed by atoms with van der Waals surface area (Å²) in [7, 11) is 0. The van der Waals surface area contributed by atoms with Gasteiger partial charge in [-0.15, -0.1) is 0 Å². The van der Waals surface area contributed by atoms with Gasteiger partial charge in [-0.25, -0.2) is 4.79 Å². The van der Waals surface area contributed by atoms with Crippen molar-refractivity contribution in [2.24, 2.45) is 0 Å². The minimum Gasteiger partial charge on any atom is -0.464 e. The van der Waals surface area contributed by atoms with E-state index in [0.717, 1.165) is 11.4 Å². The summed E-state index contributed by atoms with van der Waals surface area (Å²) in [6.45, 7) is 6.09. The Morgan fingerprint density at radius 3 is 2.55 bits per heavy atom. The quantitative estimate of drug-likeness (QED) is 0.547. The van der Waals surface area contributed by atoms with Crippen LogP contribution in [0.4, 0.5) is 5.69 Å². The fourth-order valence-electron chi connectivity index (χ4n) is 3.84. The summed E-state index contributed by atoms with van der Waals surface area (Å²) in [6.07, 6.45) is 3.99. The highest BCUT2D eigenvalue weighted by atomic mass is 16.5. The lowest BCUT2D eigenvalue weighted by atomic mass is 9.85. The van der Waals surface area contributed by atoms with Gasteiger partial charge in [-0.1, -0.05) is 25.1 Å². The van der Waals surface area contributed by atoms with E-state index in [0.29, 0.717) is 51.9 Å². The number of amides is 1. The average Bonchev–Trinajstić information content (AvgIpc) is 3.17. The largest absolute Gasteiger partial charge is 0.464 e. The van der Waals surface area contributed by atoms with Gasteiger partial charge in [0.15, 0.2) is 0 Å². The number of para-hydroxylation sites is 1. The molecule has 1 N–H and O–H groups in total. The molecule has 156 valence electrons. The zero-order valence-corrected chi connectivity index (χ0v) is 17.3. The molecule has 2 aromatic rings. The Morgan fingerprint density at radius 1 is 1.21 bits per heavy atom. The third-order valence-corrected chi connectivity index (χ3v) is 5.34. The number of carbonyl (C=O) groups excluding carboxylic acids is 2. The number of benzene rings is 1. The molecule has 1 aromatic heterocycles. The summed E-state index contributed by atoms with van der Waals surface area (Å²) >= 11 is 0. The van der Waals surface area contributed by atoms with Crippen molar-refractivity contribution in [2.45, 2.75) is 51.6 Å². The molecular weight excluding hydrogens is 368 g/mol. The second-order valence-electron chi connectivity index (χ2n) is 7.41. The van der Waals surface area contributed by atoms with E-state index >= 15 is 0 Å². The maximum Gasteiger partial charge on any atom is 0.332 e. The minimum atomic E-state index is -0.970. The molecule has 0 aliphatic carbocycles. The van der Waals surface area contributed by atoms with Crippen LogP contribution in [0.1, 0.15) is 38.3 Å². The number of rotatable bonds is 8. The number of aryl methyl sites for hydroxylation is 2. The number of nitrogens with one attached hydrogen (secondary N) is 1. The molecule has 0 atom stereocenters. The molecule has 7 nitrogen and oxygen atoms in total. The van der Waals surface area contributed by atoms with Gasteiger partial charge in [0, 0.05) is 31.3 Å². The fraction of sp³-hybridized carbons (Fsp3) is 0.500. The predicted molar refractivity (Wildman–Crippen MR) is 112 cm³/mol. The zero-order valence-electron chi connectivity index (χ0n) is 17.3. The van der Waals surface area contributed by atoms with Gasteiger partial charge < -0.3 is 10.1 Å². The van der Waals surface area contributed by atoms with Crippen LogP contribution >= 0.6 is 0 Å². The summed E-state index contributed by atoms with van der Waals surface area (Å²) in [4.78, 5) is 27.9. The van der Waals surface area contributed by atoms with Crippen molar-refractivity contribution in [2.75, 3.05) is 24.6 Å². The van der Waals surface area contributed by atoms with Crippen LogP contribution in [0, 0.1) is 6.92 Å². The second kappa shape index (κ2) is 9.69. The Kier molecular flexibility index (Phi) is 7.04. The number of anilines is 1. The molecule has 1 aromatic carbocycles.